The molecule has 0 radical (unpaired) electrons. The number of amides is 1. The molecule has 7 heteroatoms. The lowest BCUT2D eigenvalue weighted by Gasteiger charge is -2.34. The third-order valence-corrected chi connectivity index (χ3v) is 4.91. The normalized spacial score (nSPS) is 16.0. The summed E-state index contributed by atoms with van der Waals surface area (Å²) >= 11 is 0. The molecule has 0 fully saturated rings. The Labute approximate surface area is 152 Å². The first-order chi connectivity index (χ1) is 12.6. The van der Waals surface area contributed by atoms with Gasteiger partial charge in [0.05, 0.1) is 25.4 Å². The summed E-state index contributed by atoms with van der Waals surface area (Å²) in [7, 11) is 1.82. The van der Waals surface area contributed by atoms with E-state index in [1.165, 1.54) is 6.08 Å². The van der Waals surface area contributed by atoms with Crippen LogP contribution in [0.5, 0.6) is 0 Å². The average Bonchev–Trinajstić information content (AvgIpc) is 3.22. The first-order valence-electron chi connectivity index (χ1n) is 8.72. The Kier molecular flexibility index (Phi) is 5.24. The fraction of sp³-hybridized carbons (Fsp3) is 0.421. The van der Waals surface area contributed by atoms with Crippen LogP contribution in [-0.4, -0.2) is 36.9 Å². The fourth-order valence-corrected chi connectivity index (χ4v) is 3.69. The quantitative estimate of drug-likeness (QED) is 0.801. The van der Waals surface area contributed by atoms with Crippen molar-refractivity contribution in [2.75, 3.05) is 6.61 Å². The van der Waals surface area contributed by atoms with Gasteiger partial charge in [0.1, 0.15) is 11.8 Å². The van der Waals surface area contributed by atoms with Crippen LogP contribution in [0.25, 0.3) is 0 Å². The molecule has 0 saturated carbocycles. The van der Waals surface area contributed by atoms with Crippen LogP contribution < -0.4 is 0 Å². The van der Waals surface area contributed by atoms with Crippen LogP contribution in [0, 0.1) is 11.3 Å². The zero-order chi connectivity index (χ0) is 18.7. The number of aliphatic hydroxyl groups excluding tert-OH is 1. The molecule has 1 aliphatic rings. The molecule has 136 valence electrons. The van der Waals surface area contributed by atoms with Crippen molar-refractivity contribution in [1.29, 1.82) is 5.26 Å². The highest BCUT2D eigenvalue weighted by atomic mass is 16.3. The van der Waals surface area contributed by atoms with E-state index in [9.17, 15) is 9.90 Å². The van der Waals surface area contributed by atoms with Gasteiger partial charge in [-0.3, -0.25) is 9.48 Å². The van der Waals surface area contributed by atoms with E-state index < -0.39 is 0 Å². The van der Waals surface area contributed by atoms with Crippen LogP contribution in [0.2, 0.25) is 0 Å². The van der Waals surface area contributed by atoms with Crippen molar-refractivity contribution < 1.29 is 9.90 Å². The molecular formula is C19H23N5O2. The monoisotopic (exact) mass is 353 g/mol. The van der Waals surface area contributed by atoms with Crippen LogP contribution in [-0.2, 0) is 31.4 Å². The fourth-order valence-electron chi connectivity index (χ4n) is 3.69. The number of hydrogen-bond acceptors (Lipinski definition) is 4. The third-order valence-electron chi connectivity index (χ3n) is 4.91. The van der Waals surface area contributed by atoms with Gasteiger partial charge in [0.25, 0.3) is 0 Å². The van der Waals surface area contributed by atoms with Gasteiger partial charge in [-0.1, -0.05) is 6.58 Å². The molecule has 1 unspecified atom stereocenters. The van der Waals surface area contributed by atoms with E-state index in [1.807, 2.05) is 30.2 Å². The molecule has 2 aromatic heterocycles. The number of aromatic nitrogens is 3. The molecule has 1 amide bonds. The summed E-state index contributed by atoms with van der Waals surface area (Å²) in [5.74, 6) is -0.139. The van der Waals surface area contributed by atoms with Crippen LogP contribution in [0.1, 0.15) is 41.4 Å². The van der Waals surface area contributed by atoms with Gasteiger partial charge in [-0.15, -0.1) is 0 Å². The first-order valence-corrected chi connectivity index (χ1v) is 8.72. The summed E-state index contributed by atoms with van der Waals surface area (Å²) in [6.45, 7) is 4.55. The van der Waals surface area contributed by atoms with E-state index in [0.29, 0.717) is 18.8 Å². The SMILES string of the molecule is C=CC(=O)N(Cc1cc(C#N)n(C)c1)C1CCCc2c1cnn2CCO. The van der Waals surface area contributed by atoms with Crippen molar-refractivity contribution in [3.63, 3.8) is 0 Å². The Morgan fingerprint density at radius 2 is 2.42 bits per heavy atom. The molecule has 3 rings (SSSR count). The van der Waals surface area contributed by atoms with E-state index in [0.717, 1.165) is 36.1 Å². The van der Waals surface area contributed by atoms with E-state index in [2.05, 4.69) is 17.7 Å². The van der Waals surface area contributed by atoms with Crippen molar-refractivity contribution in [3.05, 3.63) is 53.6 Å². The second kappa shape index (κ2) is 7.58. The Balaban J connectivity index is 1.93. The van der Waals surface area contributed by atoms with E-state index in [-0.39, 0.29) is 18.6 Å². The lowest BCUT2D eigenvalue weighted by Crippen LogP contribution is -2.35. The maximum Gasteiger partial charge on any atom is 0.246 e. The highest BCUT2D eigenvalue weighted by Gasteiger charge is 2.31. The van der Waals surface area contributed by atoms with Gasteiger partial charge in [-0.2, -0.15) is 10.4 Å². The third kappa shape index (κ3) is 3.28. The minimum absolute atomic E-state index is 0.0367. The summed E-state index contributed by atoms with van der Waals surface area (Å²) in [5.41, 5.74) is 3.60. The standard InChI is InChI=1S/C19H23N5O2/c1-3-19(26)23(13-14-9-15(10-20)22(2)12-14)17-5-4-6-18-16(17)11-21-24(18)7-8-25/h3,9,11-12,17,25H,1,4-8,13H2,2H3. The summed E-state index contributed by atoms with van der Waals surface area (Å²) in [6, 6.07) is 3.87. The Morgan fingerprint density at radius 1 is 1.62 bits per heavy atom. The number of carbonyl (C=O) groups excluding carboxylic acids is 1. The number of nitrogens with zero attached hydrogens (tertiary/aromatic N) is 5. The van der Waals surface area contributed by atoms with Gasteiger partial charge in [-0.25, -0.2) is 0 Å². The predicted molar refractivity (Wildman–Crippen MR) is 95.9 cm³/mol. The van der Waals surface area contributed by atoms with Crippen molar-refractivity contribution >= 4 is 5.91 Å². The van der Waals surface area contributed by atoms with Crippen molar-refractivity contribution in [2.24, 2.45) is 7.05 Å². The zero-order valence-corrected chi connectivity index (χ0v) is 14.9. The van der Waals surface area contributed by atoms with Crippen molar-refractivity contribution in [1.82, 2.24) is 19.2 Å². The second-order valence-electron chi connectivity index (χ2n) is 6.53. The molecule has 2 heterocycles. The molecule has 1 atom stereocenters. The van der Waals surface area contributed by atoms with Gasteiger partial charge in [0.15, 0.2) is 0 Å². The van der Waals surface area contributed by atoms with Crippen LogP contribution in [0.3, 0.4) is 0 Å². The average molecular weight is 353 g/mol. The molecule has 0 aliphatic heterocycles. The lowest BCUT2D eigenvalue weighted by atomic mass is 9.91. The van der Waals surface area contributed by atoms with E-state index >= 15 is 0 Å². The predicted octanol–water partition coefficient (Wildman–Crippen LogP) is 1.68. The number of fused-ring (bicyclic) bond motifs is 1. The molecule has 26 heavy (non-hydrogen) atoms. The van der Waals surface area contributed by atoms with Gasteiger partial charge in [-0.05, 0) is 37.0 Å². The minimum atomic E-state index is -0.139. The molecular weight excluding hydrogens is 330 g/mol. The second-order valence-corrected chi connectivity index (χ2v) is 6.53. The maximum absolute atomic E-state index is 12.6. The summed E-state index contributed by atoms with van der Waals surface area (Å²) in [5, 5.41) is 22.8. The molecule has 0 spiro atoms. The maximum atomic E-state index is 12.6. The number of hydrogen-bond donors (Lipinski definition) is 1. The largest absolute Gasteiger partial charge is 0.394 e. The van der Waals surface area contributed by atoms with Crippen LogP contribution >= 0.6 is 0 Å². The molecule has 0 aromatic carbocycles. The van der Waals surface area contributed by atoms with Crippen LogP contribution in [0.15, 0.2) is 31.1 Å². The number of aryl methyl sites for hydroxylation is 1. The number of carbonyl (C=O) groups is 1. The van der Waals surface area contributed by atoms with Gasteiger partial charge in [0, 0.05) is 31.0 Å². The summed E-state index contributed by atoms with van der Waals surface area (Å²) < 4.78 is 3.59. The lowest BCUT2D eigenvalue weighted by molar-refractivity contribution is -0.129. The molecule has 1 N–H and O–H groups in total. The van der Waals surface area contributed by atoms with E-state index in [4.69, 9.17) is 5.26 Å². The minimum Gasteiger partial charge on any atom is -0.394 e. The first kappa shape index (κ1) is 18.0. The molecule has 7 nitrogen and oxygen atoms in total. The van der Waals surface area contributed by atoms with Crippen LogP contribution in [0.4, 0.5) is 0 Å². The smallest absolute Gasteiger partial charge is 0.246 e. The Bertz CT molecular complexity index is 858. The number of rotatable bonds is 6. The highest BCUT2D eigenvalue weighted by Crippen LogP contribution is 2.35. The summed E-state index contributed by atoms with van der Waals surface area (Å²) in [6.07, 6.45) is 7.72. The zero-order valence-electron chi connectivity index (χ0n) is 14.9. The Morgan fingerprint density at radius 3 is 3.08 bits per heavy atom. The molecule has 2 aromatic rings. The number of nitriles is 1. The Hall–Kier alpha value is -2.85. The summed E-state index contributed by atoms with van der Waals surface area (Å²) in [4.78, 5) is 14.4. The number of aliphatic hydroxyl groups is 1. The van der Waals surface area contributed by atoms with E-state index in [1.54, 1.807) is 9.47 Å². The van der Waals surface area contributed by atoms with Gasteiger partial charge >= 0.3 is 0 Å². The van der Waals surface area contributed by atoms with Crippen molar-refractivity contribution in [2.45, 2.75) is 38.4 Å². The molecule has 0 saturated heterocycles. The highest BCUT2D eigenvalue weighted by molar-refractivity contribution is 5.87. The van der Waals surface area contributed by atoms with Gasteiger partial charge in [0.2, 0.25) is 5.91 Å². The van der Waals surface area contributed by atoms with Gasteiger partial charge < -0.3 is 14.6 Å². The molecule has 0 bridgehead atoms. The topological polar surface area (TPSA) is 87.1 Å². The van der Waals surface area contributed by atoms with Crippen molar-refractivity contribution in [3.8, 4) is 6.07 Å². The molecule has 1 aliphatic carbocycles.